The van der Waals surface area contributed by atoms with Crippen LogP contribution < -0.4 is 0 Å². The minimum Gasteiger partial charge on any atom is -0.262 e. The van der Waals surface area contributed by atoms with Crippen molar-refractivity contribution in [1.29, 1.82) is 0 Å². The predicted octanol–water partition coefficient (Wildman–Crippen LogP) is 5.00. The first-order valence-corrected chi connectivity index (χ1v) is 8.13. The lowest BCUT2D eigenvalue weighted by Gasteiger charge is -2.02. The highest BCUT2D eigenvalue weighted by Gasteiger charge is 2.05. The van der Waals surface area contributed by atoms with Gasteiger partial charge in [0.05, 0.1) is 18.1 Å². The van der Waals surface area contributed by atoms with Crippen molar-refractivity contribution in [3.63, 3.8) is 0 Å². The van der Waals surface area contributed by atoms with Gasteiger partial charge in [-0.3, -0.25) is 9.97 Å². The second-order valence-corrected chi connectivity index (χ2v) is 4.51. The van der Waals surface area contributed by atoms with Crippen molar-refractivity contribution in [2.24, 2.45) is 0 Å². The molecule has 23 heavy (non-hydrogen) atoms. The topological polar surface area (TPSA) is 43.6 Å². The number of hydrogen-bond acceptors (Lipinski definition) is 3. The molecule has 3 heterocycles. The zero-order valence-corrected chi connectivity index (χ0v) is 14.9. The van der Waals surface area contributed by atoms with Gasteiger partial charge in [-0.15, -0.1) is 0 Å². The lowest BCUT2D eigenvalue weighted by Crippen LogP contribution is -1.93. The highest BCUT2D eigenvalue weighted by molar-refractivity contribution is 5.62. The Morgan fingerprint density at radius 1 is 0.913 bits per heavy atom. The van der Waals surface area contributed by atoms with Crippen molar-refractivity contribution in [3.05, 3.63) is 60.4 Å². The fourth-order valence-corrected chi connectivity index (χ4v) is 1.90. The van der Waals surface area contributed by atoms with E-state index >= 15 is 0 Å². The molecule has 0 fully saturated rings. The maximum Gasteiger partial charge on any atom is 0.0828 e. The van der Waals surface area contributed by atoms with Crippen molar-refractivity contribution in [2.45, 2.75) is 41.5 Å². The number of aryl methyl sites for hydroxylation is 2. The number of nitrogens with zero attached hydrogens (tertiary/aromatic N) is 4. The summed E-state index contributed by atoms with van der Waals surface area (Å²) >= 11 is 0. The summed E-state index contributed by atoms with van der Waals surface area (Å²) in [6.07, 6.45) is 9.26. The van der Waals surface area contributed by atoms with Crippen LogP contribution in [0.5, 0.6) is 0 Å². The minimum absolute atomic E-state index is 0.950. The highest BCUT2D eigenvalue weighted by Crippen LogP contribution is 2.21. The van der Waals surface area contributed by atoms with Crippen molar-refractivity contribution in [1.82, 2.24) is 19.7 Å². The quantitative estimate of drug-likeness (QED) is 0.669. The average molecular weight is 310 g/mol. The third-order valence-electron chi connectivity index (χ3n) is 3.17. The van der Waals surface area contributed by atoms with Crippen molar-refractivity contribution in [2.75, 3.05) is 0 Å². The second kappa shape index (κ2) is 9.51. The average Bonchev–Trinajstić information content (AvgIpc) is 3.12. The molecule has 0 saturated carbocycles. The Hall–Kier alpha value is -2.49. The molecule has 0 unspecified atom stereocenters. The van der Waals surface area contributed by atoms with Gasteiger partial charge in [-0.25, -0.2) is 4.68 Å². The van der Waals surface area contributed by atoms with Gasteiger partial charge in [0.15, 0.2) is 0 Å². The minimum atomic E-state index is 0.950. The van der Waals surface area contributed by atoms with Crippen LogP contribution in [0.2, 0.25) is 0 Å². The summed E-state index contributed by atoms with van der Waals surface area (Å²) in [5, 5.41) is 4.36. The van der Waals surface area contributed by atoms with E-state index in [1.807, 2.05) is 70.0 Å². The maximum absolute atomic E-state index is 4.39. The third-order valence-corrected chi connectivity index (χ3v) is 3.17. The first kappa shape index (κ1) is 18.6. The Morgan fingerprint density at radius 3 is 2.26 bits per heavy atom. The molecule has 0 N–H and O–H groups in total. The lowest BCUT2D eigenvalue weighted by atomic mass is 10.1. The van der Waals surface area contributed by atoms with Crippen LogP contribution in [0.4, 0.5) is 0 Å². The van der Waals surface area contributed by atoms with Gasteiger partial charge in [0.2, 0.25) is 0 Å². The van der Waals surface area contributed by atoms with Crippen molar-refractivity contribution in [3.8, 4) is 16.8 Å². The van der Waals surface area contributed by atoms with Crippen LogP contribution in [-0.4, -0.2) is 19.7 Å². The summed E-state index contributed by atoms with van der Waals surface area (Å²) in [5.74, 6) is 0. The Morgan fingerprint density at radius 2 is 1.65 bits per heavy atom. The molecule has 0 saturated heterocycles. The molecule has 0 bridgehead atoms. The molecular formula is C19H26N4. The molecule has 0 atom stereocenters. The summed E-state index contributed by atoms with van der Waals surface area (Å²) < 4.78 is 1.82. The molecule has 3 aromatic heterocycles. The Balaban J connectivity index is 0.000000615. The number of hydrogen-bond donors (Lipinski definition) is 0. The fraction of sp³-hybridized carbons (Fsp3) is 0.316. The second-order valence-electron chi connectivity index (χ2n) is 4.51. The number of rotatable bonds is 2. The molecule has 0 amide bonds. The van der Waals surface area contributed by atoms with Crippen LogP contribution in [0.3, 0.4) is 0 Å². The first-order valence-electron chi connectivity index (χ1n) is 8.13. The Labute approximate surface area is 139 Å². The molecule has 0 aliphatic rings. The molecule has 0 aromatic carbocycles. The van der Waals surface area contributed by atoms with Crippen LogP contribution in [0.1, 0.15) is 39.0 Å². The smallest absolute Gasteiger partial charge is 0.0828 e. The largest absolute Gasteiger partial charge is 0.262 e. The Bertz CT molecular complexity index is 702. The standard InChI is InChI=1S/C15H14N4.2C2H6/c1-11-6-13(7-17-12(11)2)14-8-18-19(10-14)15-4-3-5-16-9-15;2*1-2/h3-10H,1-2H3;2*1-2H3. The van der Waals surface area contributed by atoms with E-state index in [2.05, 4.69) is 28.1 Å². The molecule has 122 valence electrons. The van der Waals surface area contributed by atoms with Crippen molar-refractivity contribution < 1.29 is 0 Å². The summed E-state index contributed by atoms with van der Waals surface area (Å²) in [7, 11) is 0. The van der Waals surface area contributed by atoms with Crippen LogP contribution in [0.25, 0.3) is 16.8 Å². The van der Waals surface area contributed by atoms with Gasteiger partial charge in [-0.05, 0) is 37.6 Å². The van der Waals surface area contributed by atoms with Gasteiger partial charge >= 0.3 is 0 Å². The number of aromatic nitrogens is 4. The van der Waals surface area contributed by atoms with Gasteiger partial charge in [-0.2, -0.15) is 5.10 Å². The molecule has 0 aliphatic carbocycles. The summed E-state index contributed by atoms with van der Waals surface area (Å²) in [4.78, 5) is 8.48. The van der Waals surface area contributed by atoms with Gasteiger partial charge in [-0.1, -0.05) is 27.7 Å². The summed E-state index contributed by atoms with van der Waals surface area (Å²) in [6, 6.07) is 6.00. The van der Waals surface area contributed by atoms with E-state index in [4.69, 9.17) is 0 Å². The van der Waals surface area contributed by atoms with Gasteiger partial charge < -0.3 is 0 Å². The van der Waals surface area contributed by atoms with Crippen LogP contribution in [-0.2, 0) is 0 Å². The Kier molecular flexibility index (Phi) is 7.67. The van der Waals surface area contributed by atoms with E-state index < -0.39 is 0 Å². The maximum atomic E-state index is 4.39. The van der Waals surface area contributed by atoms with Gasteiger partial charge in [0.25, 0.3) is 0 Å². The summed E-state index contributed by atoms with van der Waals surface area (Å²) in [5.41, 5.74) is 5.33. The SMILES string of the molecule is CC.CC.Cc1cc(-c2cnn(-c3cccnc3)c2)cnc1C. The third kappa shape index (κ3) is 4.74. The fourth-order valence-electron chi connectivity index (χ4n) is 1.90. The molecular weight excluding hydrogens is 284 g/mol. The number of pyridine rings is 2. The van der Waals surface area contributed by atoms with E-state index in [1.165, 1.54) is 5.56 Å². The molecule has 0 aliphatic heterocycles. The monoisotopic (exact) mass is 310 g/mol. The van der Waals surface area contributed by atoms with Crippen LogP contribution in [0, 0.1) is 13.8 Å². The molecule has 4 nitrogen and oxygen atoms in total. The lowest BCUT2D eigenvalue weighted by molar-refractivity contribution is 0.874. The summed E-state index contributed by atoms with van der Waals surface area (Å²) in [6.45, 7) is 12.1. The van der Waals surface area contributed by atoms with E-state index in [0.29, 0.717) is 0 Å². The first-order chi connectivity index (χ1) is 11.2. The zero-order chi connectivity index (χ0) is 17.2. The molecule has 0 spiro atoms. The van der Waals surface area contributed by atoms with E-state index in [9.17, 15) is 0 Å². The van der Waals surface area contributed by atoms with E-state index in [1.54, 1.807) is 12.4 Å². The van der Waals surface area contributed by atoms with Crippen LogP contribution in [0.15, 0.2) is 49.2 Å². The van der Waals surface area contributed by atoms with Gasteiger partial charge in [0, 0.05) is 35.4 Å². The zero-order valence-electron chi connectivity index (χ0n) is 14.9. The van der Waals surface area contributed by atoms with Crippen molar-refractivity contribution >= 4 is 0 Å². The molecule has 3 rings (SSSR count). The normalized spacial score (nSPS) is 9.30. The molecule has 0 radical (unpaired) electrons. The molecule has 4 heteroatoms. The predicted molar refractivity (Wildman–Crippen MR) is 96.8 cm³/mol. The van der Waals surface area contributed by atoms with E-state index in [0.717, 1.165) is 22.5 Å². The van der Waals surface area contributed by atoms with Crippen LogP contribution >= 0.6 is 0 Å². The highest BCUT2D eigenvalue weighted by atomic mass is 15.3. The van der Waals surface area contributed by atoms with Gasteiger partial charge in [0.1, 0.15) is 0 Å². The van der Waals surface area contributed by atoms with E-state index in [-0.39, 0.29) is 0 Å². The molecule has 3 aromatic rings.